The van der Waals surface area contributed by atoms with Gasteiger partial charge in [-0.3, -0.25) is 9.69 Å². The second-order valence-corrected chi connectivity index (χ2v) is 7.30. The van der Waals surface area contributed by atoms with Crippen LogP contribution in [0.5, 0.6) is 0 Å². The van der Waals surface area contributed by atoms with Crippen LogP contribution in [-0.2, 0) is 16.6 Å². The Balaban J connectivity index is 1.87. The lowest BCUT2D eigenvalue weighted by atomic mass is 10.2. The Morgan fingerprint density at radius 3 is 2.41 bits per heavy atom. The molecule has 27 heavy (non-hydrogen) atoms. The van der Waals surface area contributed by atoms with Gasteiger partial charge in [-0.1, -0.05) is 0 Å². The lowest BCUT2D eigenvalue weighted by Gasteiger charge is -2.07. The fourth-order valence-electron chi connectivity index (χ4n) is 2.72. The number of aryl methyl sites for hydroxylation is 1. The molecule has 2 heterocycles. The minimum absolute atomic E-state index is 0.0779. The highest BCUT2D eigenvalue weighted by molar-refractivity contribution is 8.18. The van der Waals surface area contributed by atoms with Gasteiger partial charge in [0.15, 0.2) is 5.17 Å². The highest BCUT2D eigenvalue weighted by atomic mass is 32.2. The molecule has 7 heteroatoms. The number of hydrogen-bond acceptors (Lipinski definition) is 5. The molecule has 1 amide bonds. The quantitative estimate of drug-likeness (QED) is 0.599. The van der Waals surface area contributed by atoms with E-state index >= 15 is 0 Å². The minimum atomic E-state index is -0.393. The van der Waals surface area contributed by atoms with Crippen molar-refractivity contribution >= 4 is 40.6 Å². The van der Waals surface area contributed by atoms with Gasteiger partial charge in [-0.25, -0.2) is 9.79 Å². The van der Waals surface area contributed by atoms with Crippen LogP contribution in [0, 0.1) is 13.8 Å². The van der Waals surface area contributed by atoms with Crippen molar-refractivity contribution < 1.29 is 14.3 Å². The predicted octanol–water partition coefficient (Wildman–Crippen LogP) is 3.66. The maximum absolute atomic E-state index is 12.6. The number of aliphatic imine (C=N–C) groups is 1. The molecule has 0 spiro atoms. The van der Waals surface area contributed by atoms with Crippen molar-refractivity contribution in [3.63, 3.8) is 0 Å². The lowest BCUT2D eigenvalue weighted by molar-refractivity contribution is -0.121. The minimum Gasteiger partial charge on any atom is -0.465 e. The van der Waals surface area contributed by atoms with Crippen LogP contribution >= 0.6 is 11.8 Å². The van der Waals surface area contributed by atoms with Crippen LogP contribution in [0.4, 0.5) is 5.69 Å². The van der Waals surface area contributed by atoms with Gasteiger partial charge in [0.05, 0.1) is 23.3 Å². The first-order valence-corrected chi connectivity index (χ1v) is 9.21. The van der Waals surface area contributed by atoms with Crippen LogP contribution in [0.2, 0.25) is 0 Å². The molecule has 6 nitrogen and oxygen atoms in total. The van der Waals surface area contributed by atoms with E-state index in [4.69, 9.17) is 4.74 Å². The van der Waals surface area contributed by atoms with Gasteiger partial charge in [-0.2, -0.15) is 0 Å². The van der Waals surface area contributed by atoms with Crippen LogP contribution < -0.4 is 0 Å². The lowest BCUT2D eigenvalue weighted by Crippen LogP contribution is -2.23. The Bertz CT molecular complexity index is 971. The summed E-state index contributed by atoms with van der Waals surface area (Å²) in [4.78, 5) is 30.8. The van der Waals surface area contributed by atoms with E-state index in [1.807, 2.05) is 27.0 Å². The number of rotatable bonds is 3. The number of thioether (sulfide) groups is 1. The number of likely N-dealkylation sites (N-methyl/N-ethyl adjacent to an activating group) is 1. The molecule has 1 aliphatic heterocycles. The average Bonchev–Trinajstić information content (AvgIpc) is 3.07. The molecule has 0 unspecified atom stereocenters. The fraction of sp³-hybridized carbons (Fsp3) is 0.250. The van der Waals surface area contributed by atoms with E-state index < -0.39 is 5.97 Å². The number of methoxy groups -OCH3 is 1. The zero-order valence-electron chi connectivity index (χ0n) is 15.9. The van der Waals surface area contributed by atoms with Crippen LogP contribution in [0.1, 0.15) is 27.3 Å². The number of amidine groups is 1. The molecule has 0 radical (unpaired) electrons. The third-order valence-corrected chi connectivity index (χ3v) is 5.68. The third-order valence-electron chi connectivity index (χ3n) is 4.62. The van der Waals surface area contributed by atoms with Crippen molar-refractivity contribution in [1.82, 2.24) is 9.47 Å². The van der Waals surface area contributed by atoms with E-state index in [1.165, 1.54) is 23.8 Å². The summed E-state index contributed by atoms with van der Waals surface area (Å²) in [6, 6.07) is 8.82. The number of esters is 1. The molecule has 1 aliphatic rings. The normalized spacial score (nSPS) is 17.2. The SMILES string of the molecule is COC(=O)c1ccc(N=C2S/C(=C\c3cc(C)n(C)c3C)C(=O)N2C)cc1. The molecule has 0 N–H and O–H groups in total. The molecule has 140 valence electrons. The van der Waals surface area contributed by atoms with Gasteiger partial charge in [0.25, 0.3) is 5.91 Å². The third kappa shape index (κ3) is 3.68. The summed E-state index contributed by atoms with van der Waals surface area (Å²) in [5.41, 5.74) is 4.41. The van der Waals surface area contributed by atoms with E-state index in [-0.39, 0.29) is 5.91 Å². The smallest absolute Gasteiger partial charge is 0.337 e. The summed E-state index contributed by atoms with van der Waals surface area (Å²) in [6.45, 7) is 4.07. The maximum atomic E-state index is 12.6. The maximum Gasteiger partial charge on any atom is 0.337 e. The summed E-state index contributed by atoms with van der Waals surface area (Å²) in [6.07, 6.45) is 1.91. The topological polar surface area (TPSA) is 63.9 Å². The summed E-state index contributed by atoms with van der Waals surface area (Å²) in [5.74, 6) is -0.471. The van der Waals surface area contributed by atoms with Gasteiger partial charge >= 0.3 is 5.97 Å². The van der Waals surface area contributed by atoms with Crippen molar-refractivity contribution in [3.05, 3.63) is 57.8 Å². The molecule has 1 aromatic carbocycles. The summed E-state index contributed by atoms with van der Waals surface area (Å²) in [7, 11) is 5.06. The molecular weight excluding hydrogens is 362 g/mol. The van der Waals surface area contributed by atoms with Gasteiger partial charge in [0.1, 0.15) is 0 Å². The highest BCUT2D eigenvalue weighted by Crippen LogP contribution is 2.34. The zero-order valence-corrected chi connectivity index (χ0v) is 16.8. The molecule has 0 saturated carbocycles. The molecule has 0 bridgehead atoms. The van der Waals surface area contributed by atoms with E-state index in [9.17, 15) is 9.59 Å². The predicted molar refractivity (Wildman–Crippen MR) is 108 cm³/mol. The number of amides is 1. The van der Waals surface area contributed by atoms with Crippen molar-refractivity contribution in [3.8, 4) is 0 Å². The van der Waals surface area contributed by atoms with Crippen molar-refractivity contribution in [2.75, 3.05) is 14.2 Å². The van der Waals surface area contributed by atoms with Crippen molar-refractivity contribution in [2.45, 2.75) is 13.8 Å². The Labute approximate surface area is 162 Å². The molecule has 2 aromatic rings. The number of benzene rings is 1. The van der Waals surface area contributed by atoms with Crippen LogP contribution in [0.25, 0.3) is 6.08 Å². The van der Waals surface area contributed by atoms with E-state index in [1.54, 1.807) is 31.3 Å². The fourth-order valence-corrected chi connectivity index (χ4v) is 3.70. The zero-order chi connectivity index (χ0) is 19.7. The first-order valence-electron chi connectivity index (χ1n) is 8.39. The second kappa shape index (κ2) is 7.44. The largest absolute Gasteiger partial charge is 0.465 e. The Morgan fingerprint density at radius 2 is 1.85 bits per heavy atom. The number of carbonyl (C=O) groups is 2. The summed E-state index contributed by atoms with van der Waals surface area (Å²) < 4.78 is 6.79. The Morgan fingerprint density at radius 1 is 1.19 bits per heavy atom. The first-order chi connectivity index (χ1) is 12.8. The van der Waals surface area contributed by atoms with Crippen molar-refractivity contribution in [2.24, 2.45) is 12.0 Å². The van der Waals surface area contributed by atoms with Gasteiger partial charge in [0.2, 0.25) is 0 Å². The average molecular weight is 383 g/mol. The van der Waals surface area contributed by atoms with Crippen LogP contribution in [-0.4, -0.2) is 40.7 Å². The standard InChI is InChI=1S/C20H21N3O3S/c1-12-10-15(13(2)22(12)3)11-17-18(24)23(4)20(27-17)21-16-8-6-14(7-9-16)19(25)26-5/h6-11H,1-5H3/b17-11-,21-20?. The Hall–Kier alpha value is -2.80. The van der Waals surface area contributed by atoms with Crippen molar-refractivity contribution in [1.29, 1.82) is 0 Å². The number of aromatic nitrogens is 1. The van der Waals surface area contributed by atoms with Gasteiger partial charge in [-0.05, 0) is 67.6 Å². The number of nitrogens with zero attached hydrogens (tertiary/aromatic N) is 3. The Kier molecular flexibility index (Phi) is 5.23. The summed E-state index contributed by atoms with van der Waals surface area (Å²) >= 11 is 1.34. The van der Waals surface area contributed by atoms with Gasteiger partial charge in [-0.15, -0.1) is 0 Å². The van der Waals surface area contributed by atoms with E-state index in [2.05, 4.69) is 15.6 Å². The number of carbonyl (C=O) groups excluding carboxylic acids is 2. The molecule has 0 aliphatic carbocycles. The molecule has 1 aromatic heterocycles. The number of hydrogen-bond donors (Lipinski definition) is 0. The monoisotopic (exact) mass is 383 g/mol. The first kappa shape index (κ1) is 19.0. The van der Waals surface area contributed by atoms with E-state index in [0.717, 1.165) is 17.0 Å². The number of ether oxygens (including phenoxy) is 1. The van der Waals surface area contributed by atoms with Gasteiger partial charge < -0.3 is 9.30 Å². The van der Waals surface area contributed by atoms with Gasteiger partial charge in [0, 0.05) is 25.5 Å². The second-order valence-electron chi connectivity index (χ2n) is 6.29. The van der Waals surface area contributed by atoms with Crippen LogP contribution in [0.15, 0.2) is 40.2 Å². The highest BCUT2D eigenvalue weighted by Gasteiger charge is 2.30. The molecular formula is C20H21N3O3S. The van der Waals surface area contributed by atoms with E-state index in [0.29, 0.717) is 21.3 Å². The summed E-state index contributed by atoms with van der Waals surface area (Å²) in [5, 5.41) is 0.599. The molecule has 0 atom stereocenters. The molecule has 1 fully saturated rings. The molecule has 3 rings (SSSR count). The molecule has 1 saturated heterocycles. The van der Waals surface area contributed by atoms with Crippen LogP contribution in [0.3, 0.4) is 0 Å².